The molecule has 2 fully saturated rings. The Kier molecular flexibility index (Phi) is 3.31. The van der Waals surface area contributed by atoms with Gasteiger partial charge in [0.15, 0.2) is 0 Å². The van der Waals surface area contributed by atoms with Crippen LogP contribution in [-0.4, -0.2) is 24.8 Å². The molecule has 1 aromatic rings. The van der Waals surface area contributed by atoms with Crippen molar-refractivity contribution >= 4 is 21.4 Å². The van der Waals surface area contributed by atoms with Crippen molar-refractivity contribution in [2.75, 3.05) is 0 Å². The number of aryl methyl sites for hydroxylation is 1. The molecule has 0 radical (unpaired) electrons. The molecule has 104 valence electrons. The minimum Gasteiger partial charge on any atom is -0.206 e. The predicted octanol–water partition coefficient (Wildman–Crippen LogP) is 3.18. The van der Waals surface area contributed by atoms with Crippen molar-refractivity contribution in [3.8, 4) is 0 Å². The van der Waals surface area contributed by atoms with Gasteiger partial charge < -0.3 is 0 Å². The quantitative estimate of drug-likeness (QED) is 0.804. The van der Waals surface area contributed by atoms with Crippen LogP contribution in [-0.2, 0) is 16.4 Å². The average molecular weight is 297 g/mol. The van der Waals surface area contributed by atoms with E-state index in [9.17, 15) is 8.42 Å². The van der Waals surface area contributed by atoms with E-state index in [0.29, 0.717) is 4.21 Å². The molecule has 3 nitrogen and oxygen atoms in total. The summed E-state index contributed by atoms with van der Waals surface area (Å²) in [5.41, 5.74) is 1.21. The lowest BCUT2D eigenvalue weighted by molar-refractivity contribution is 0.286. The van der Waals surface area contributed by atoms with Crippen LogP contribution in [0.3, 0.4) is 0 Å². The van der Waals surface area contributed by atoms with Gasteiger partial charge >= 0.3 is 0 Å². The molecule has 2 saturated heterocycles. The first-order valence-electron chi connectivity index (χ1n) is 6.81. The highest BCUT2D eigenvalue weighted by Gasteiger charge is 2.45. The molecule has 2 bridgehead atoms. The molecule has 0 amide bonds. The smallest absolute Gasteiger partial charge is 0.206 e. The zero-order valence-corrected chi connectivity index (χ0v) is 12.8. The zero-order valence-electron chi connectivity index (χ0n) is 11.1. The number of rotatable bonds is 3. The van der Waals surface area contributed by atoms with E-state index in [1.807, 2.05) is 6.07 Å². The Morgan fingerprint density at radius 1 is 1.32 bits per heavy atom. The molecule has 2 unspecified atom stereocenters. The molecule has 3 rings (SSSR count). The van der Waals surface area contributed by atoms with Gasteiger partial charge in [-0.1, -0.05) is 19.1 Å². The van der Waals surface area contributed by atoms with E-state index in [1.165, 1.54) is 16.9 Å². The summed E-state index contributed by atoms with van der Waals surface area (Å²) in [6.45, 7) is 6.10. The lowest BCUT2D eigenvalue weighted by Gasteiger charge is -2.34. The van der Waals surface area contributed by atoms with Gasteiger partial charge in [-0.15, -0.1) is 11.3 Å². The molecule has 0 saturated carbocycles. The second-order valence-corrected chi connectivity index (χ2v) is 8.69. The molecular weight excluding hydrogens is 278 g/mol. The summed E-state index contributed by atoms with van der Waals surface area (Å²) in [7, 11) is -3.30. The van der Waals surface area contributed by atoms with Gasteiger partial charge in [-0.3, -0.25) is 0 Å². The Morgan fingerprint density at radius 3 is 2.47 bits per heavy atom. The van der Waals surface area contributed by atoms with E-state index in [0.717, 1.165) is 37.0 Å². The lowest BCUT2D eigenvalue weighted by atomic mass is 10.0. The Labute approximate surface area is 119 Å². The number of piperidine rings is 1. The molecule has 1 aromatic heterocycles. The van der Waals surface area contributed by atoms with Gasteiger partial charge in [0.2, 0.25) is 0 Å². The molecule has 19 heavy (non-hydrogen) atoms. The van der Waals surface area contributed by atoms with E-state index < -0.39 is 10.0 Å². The number of fused-ring (bicyclic) bond motifs is 2. The Balaban J connectivity index is 1.95. The molecule has 3 heterocycles. The topological polar surface area (TPSA) is 37.4 Å². The monoisotopic (exact) mass is 297 g/mol. The first-order valence-corrected chi connectivity index (χ1v) is 9.07. The van der Waals surface area contributed by atoms with Crippen molar-refractivity contribution in [2.24, 2.45) is 0 Å². The summed E-state index contributed by atoms with van der Waals surface area (Å²) < 4.78 is 27.9. The molecule has 2 atom stereocenters. The molecule has 0 aromatic carbocycles. The second kappa shape index (κ2) is 4.72. The third-order valence-corrected chi connectivity index (χ3v) is 7.82. The fraction of sp³-hybridized carbons (Fsp3) is 0.571. The van der Waals surface area contributed by atoms with Crippen LogP contribution in [0.5, 0.6) is 0 Å². The molecule has 0 aliphatic carbocycles. The first kappa shape index (κ1) is 13.3. The normalized spacial score (nSPS) is 27.9. The van der Waals surface area contributed by atoms with Crippen LogP contribution in [0.1, 0.15) is 37.5 Å². The molecule has 0 N–H and O–H groups in total. The summed E-state index contributed by atoms with van der Waals surface area (Å²) in [5.74, 6) is 0. The van der Waals surface area contributed by atoms with Crippen molar-refractivity contribution in [2.45, 2.75) is 55.3 Å². The van der Waals surface area contributed by atoms with Crippen molar-refractivity contribution in [3.63, 3.8) is 0 Å². The summed E-state index contributed by atoms with van der Waals surface area (Å²) >= 11 is 1.41. The zero-order chi connectivity index (χ0) is 13.6. The standard InChI is InChI=1S/C14H19NO2S2/c1-3-13-6-7-14(18-13)19(16,17)15-11-4-5-12(15)9-10(2)8-11/h6-7,11-12H,2-5,8-9H2,1H3. The lowest BCUT2D eigenvalue weighted by Crippen LogP contribution is -2.44. The third kappa shape index (κ3) is 2.18. The van der Waals surface area contributed by atoms with Gasteiger partial charge in [-0.25, -0.2) is 8.42 Å². The van der Waals surface area contributed by atoms with Gasteiger partial charge in [-0.2, -0.15) is 4.31 Å². The Hall–Kier alpha value is -0.650. The van der Waals surface area contributed by atoms with E-state index in [-0.39, 0.29) is 12.1 Å². The van der Waals surface area contributed by atoms with Gasteiger partial charge in [0.05, 0.1) is 0 Å². The number of nitrogens with zero attached hydrogens (tertiary/aromatic N) is 1. The van der Waals surface area contributed by atoms with Crippen molar-refractivity contribution < 1.29 is 8.42 Å². The fourth-order valence-corrected chi connectivity index (χ4v) is 6.52. The summed E-state index contributed by atoms with van der Waals surface area (Å²) in [4.78, 5) is 1.13. The summed E-state index contributed by atoms with van der Waals surface area (Å²) in [6, 6.07) is 3.98. The van der Waals surface area contributed by atoms with E-state index in [4.69, 9.17) is 0 Å². The van der Waals surface area contributed by atoms with Gasteiger partial charge in [0.25, 0.3) is 10.0 Å². The van der Waals surface area contributed by atoms with Gasteiger partial charge in [0, 0.05) is 17.0 Å². The first-order chi connectivity index (χ1) is 9.02. The predicted molar refractivity (Wildman–Crippen MR) is 77.9 cm³/mol. The maximum atomic E-state index is 12.8. The Bertz CT molecular complexity index is 587. The fourth-order valence-electron chi connectivity index (χ4n) is 3.25. The number of hydrogen-bond donors (Lipinski definition) is 0. The minimum absolute atomic E-state index is 0.142. The van der Waals surface area contributed by atoms with E-state index in [1.54, 1.807) is 10.4 Å². The van der Waals surface area contributed by atoms with Crippen molar-refractivity contribution in [1.29, 1.82) is 0 Å². The highest BCUT2D eigenvalue weighted by atomic mass is 32.2. The molecule has 0 spiro atoms. The highest BCUT2D eigenvalue weighted by Crippen LogP contribution is 2.42. The number of thiophene rings is 1. The van der Waals surface area contributed by atoms with Crippen LogP contribution in [0.25, 0.3) is 0 Å². The van der Waals surface area contributed by atoms with Crippen LogP contribution in [0, 0.1) is 0 Å². The van der Waals surface area contributed by atoms with Gasteiger partial charge in [0.1, 0.15) is 4.21 Å². The SMILES string of the molecule is C=C1CC2CCC(C1)N2S(=O)(=O)c1ccc(CC)s1. The van der Waals surface area contributed by atoms with Crippen molar-refractivity contribution in [3.05, 3.63) is 29.2 Å². The molecule has 2 aliphatic heterocycles. The Morgan fingerprint density at radius 2 is 1.95 bits per heavy atom. The van der Waals surface area contributed by atoms with Crippen LogP contribution in [0.4, 0.5) is 0 Å². The molecule has 5 heteroatoms. The number of sulfonamides is 1. The van der Waals surface area contributed by atoms with Crippen LogP contribution < -0.4 is 0 Å². The average Bonchev–Trinajstić information content (AvgIpc) is 2.93. The summed E-state index contributed by atoms with van der Waals surface area (Å²) in [5, 5.41) is 0. The van der Waals surface area contributed by atoms with Crippen LogP contribution in [0.15, 0.2) is 28.5 Å². The third-order valence-electron chi connectivity index (χ3n) is 4.12. The molecule has 2 aliphatic rings. The minimum atomic E-state index is -3.30. The second-order valence-electron chi connectivity index (χ2n) is 5.45. The van der Waals surface area contributed by atoms with E-state index >= 15 is 0 Å². The maximum absolute atomic E-state index is 12.8. The number of hydrogen-bond acceptors (Lipinski definition) is 3. The molecular formula is C14H19NO2S2. The van der Waals surface area contributed by atoms with E-state index in [2.05, 4.69) is 13.5 Å². The van der Waals surface area contributed by atoms with Gasteiger partial charge in [-0.05, 0) is 44.2 Å². The highest BCUT2D eigenvalue weighted by molar-refractivity contribution is 7.91. The largest absolute Gasteiger partial charge is 0.253 e. The van der Waals surface area contributed by atoms with Crippen LogP contribution in [0.2, 0.25) is 0 Å². The maximum Gasteiger partial charge on any atom is 0.253 e. The van der Waals surface area contributed by atoms with Crippen LogP contribution >= 0.6 is 11.3 Å². The summed E-state index contributed by atoms with van der Waals surface area (Å²) in [6.07, 6.45) is 4.52. The van der Waals surface area contributed by atoms with Crippen molar-refractivity contribution in [1.82, 2.24) is 4.31 Å².